The summed E-state index contributed by atoms with van der Waals surface area (Å²) < 4.78 is 0. The second-order valence-electron chi connectivity index (χ2n) is 5.81. The number of aromatic nitrogens is 2. The average Bonchev–Trinajstić information content (AvgIpc) is 2.58. The van der Waals surface area contributed by atoms with Gasteiger partial charge in [-0.05, 0) is 18.4 Å². The van der Waals surface area contributed by atoms with Gasteiger partial charge in [-0.2, -0.15) is 0 Å². The first-order valence-electron chi connectivity index (χ1n) is 8.35. The molecule has 1 aromatic heterocycles. The van der Waals surface area contributed by atoms with Crippen molar-refractivity contribution in [1.82, 2.24) is 9.97 Å². The fourth-order valence-corrected chi connectivity index (χ4v) is 2.54. The summed E-state index contributed by atoms with van der Waals surface area (Å²) in [5.74, 6) is -1.06. The Morgan fingerprint density at radius 2 is 1.65 bits per heavy atom. The van der Waals surface area contributed by atoms with Gasteiger partial charge in [0.25, 0.3) is 0 Å². The molecule has 2 rings (SSSR count). The molecule has 1 N–H and O–H groups in total. The van der Waals surface area contributed by atoms with Crippen molar-refractivity contribution < 1.29 is 9.90 Å². The van der Waals surface area contributed by atoms with Crippen LogP contribution in [0.15, 0.2) is 36.7 Å². The van der Waals surface area contributed by atoms with Gasteiger partial charge in [-0.3, -0.25) is 4.98 Å². The van der Waals surface area contributed by atoms with Gasteiger partial charge in [-0.15, -0.1) is 0 Å². The molecule has 2 aromatic rings. The number of hydrogen-bond acceptors (Lipinski definition) is 3. The summed E-state index contributed by atoms with van der Waals surface area (Å²) in [5, 5.41) is 8.83. The number of aromatic carboxylic acids is 1. The van der Waals surface area contributed by atoms with Crippen LogP contribution in [0.25, 0.3) is 11.3 Å². The minimum absolute atomic E-state index is 0.0338. The largest absolute Gasteiger partial charge is 0.476 e. The van der Waals surface area contributed by atoms with Crippen molar-refractivity contribution in [1.29, 1.82) is 0 Å². The molecule has 4 nitrogen and oxygen atoms in total. The summed E-state index contributed by atoms with van der Waals surface area (Å²) in [6, 6.07) is 8.29. The van der Waals surface area contributed by atoms with Crippen LogP contribution < -0.4 is 0 Å². The Morgan fingerprint density at radius 3 is 2.26 bits per heavy atom. The molecule has 4 heteroatoms. The molecule has 0 bridgehead atoms. The van der Waals surface area contributed by atoms with Crippen LogP contribution in [0.1, 0.15) is 61.5 Å². The van der Waals surface area contributed by atoms with Crippen LogP contribution in [0.4, 0.5) is 0 Å². The number of carbonyl (C=O) groups is 1. The molecule has 0 aliphatic heterocycles. The molecular formula is C19H24N2O2. The molecule has 1 heterocycles. The minimum Gasteiger partial charge on any atom is -0.476 e. The third kappa shape index (κ3) is 5.47. The summed E-state index contributed by atoms with van der Waals surface area (Å²) in [6.45, 7) is 2.24. The number of hydrogen-bond donors (Lipinski definition) is 1. The maximum atomic E-state index is 10.8. The molecular weight excluding hydrogens is 288 g/mol. The third-order valence-corrected chi connectivity index (χ3v) is 3.94. The van der Waals surface area contributed by atoms with E-state index in [1.54, 1.807) is 0 Å². The summed E-state index contributed by atoms with van der Waals surface area (Å²) >= 11 is 0. The van der Waals surface area contributed by atoms with E-state index in [2.05, 4.69) is 29.0 Å². The SMILES string of the molecule is CCCCCCCCc1ccc(-c2cnc(C(=O)O)cn2)cc1. The Bertz CT molecular complexity index is 606. The fourth-order valence-electron chi connectivity index (χ4n) is 2.54. The summed E-state index contributed by atoms with van der Waals surface area (Å²) in [5.41, 5.74) is 2.95. The monoisotopic (exact) mass is 312 g/mol. The molecule has 0 spiro atoms. The minimum atomic E-state index is -1.06. The fraction of sp³-hybridized carbons (Fsp3) is 0.421. The second-order valence-corrected chi connectivity index (χ2v) is 5.81. The van der Waals surface area contributed by atoms with E-state index >= 15 is 0 Å². The highest BCUT2D eigenvalue weighted by molar-refractivity contribution is 5.85. The van der Waals surface area contributed by atoms with E-state index in [4.69, 9.17) is 5.11 Å². The molecule has 1 aromatic carbocycles. The lowest BCUT2D eigenvalue weighted by Gasteiger charge is -2.04. The quantitative estimate of drug-likeness (QED) is 0.679. The number of unbranched alkanes of at least 4 members (excludes halogenated alkanes) is 5. The van der Waals surface area contributed by atoms with E-state index in [9.17, 15) is 4.79 Å². The maximum Gasteiger partial charge on any atom is 0.356 e. The highest BCUT2D eigenvalue weighted by Gasteiger charge is 2.06. The van der Waals surface area contributed by atoms with Crippen molar-refractivity contribution in [3.8, 4) is 11.3 Å². The molecule has 0 atom stereocenters. The molecule has 23 heavy (non-hydrogen) atoms. The number of carboxylic acid groups (broad SMARTS) is 1. The molecule has 0 aliphatic carbocycles. The summed E-state index contributed by atoms with van der Waals surface area (Å²) in [6.07, 6.45) is 11.7. The highest BCUT2D eigenvalue weighted by atomic mass is 16.4. The topological polar surface area (TPSA) is 63.1 Å². The Kier molecular flexibility index (Phi) is 6.73. The number of nitrogens with zero attached hydrogens (tertiary/aromatic N) is 2. The van der Waals surface area contributed by atoms with Crippen molar-refractivity contribution in [3.63, 3.8) is 0 Å². The van der Waals surface area contributed by atoms with Crippen LogP contribution in [-0.2, 0) is 6.42 Å². The first-order valence-corrected chi connectivity index (χ1v) is 8.35. The van der Waals surface area contributed by atoms with Crippen LogP contribution in [0.3, 0.4) is 0 Å². The first kappa shape index (κ1) is 17.1. The van der Waals surface area contributed by atoms with Gasteiger partial charge >= 0.3 is 5.97 Å². The van der Waals surface area contributed by atoms with E-state index < -0.39 is 5.97 Å². The van der Waals surface area contributed by atoms with Crippen LogP contribution >= 0.6 is 0 Å². The van der Waals surface area contributed by atoms with Gasteiger partial charge < -0.3 is 5.11 Å². The Hall–Kier alpha value is -2.23. The zero-order valence-corrected chi connectivity index (χ0v) is 13.7. The lowest BCUT2D eigenvalue weighted by atomic mass is 10.0. The van der Waals surface area contributed by atoms with E-state index in [0.29, 0.717) is 5.69 Å². The third-order valence-electron chi connectivity index (χ3n) is 3.94. The lowest BCUT2D eigenvalue weighted by Crippen LogP contribution is -2.01. The molecule has 0 radical (unpaired) electrons. The van der Waals surface area contributed by atoms with E-state index in [1.165, 1.54) is 56.5 Å². The normalized spacial score (nSPS) is 10.7. The number of rotatable bonds is 9. The maximum absolute atomic E-state index is 10.8. The summed E-state index contributed by atoms with van der Waals surface area (Å²) in [4.78, 5) is 18.8. The Balaban J connectivity index is 1.85. The molecule has 0 aliphatic rings. The van der Waals surface area contributed by atoms with Gasteiger partial charge in [0, 0.05) is 5.56 Å². The Morgan fingerprint density at radius 1 is 0.957 bits per heavy atom. The van der Waals surface area contributed by atoms with Gasteiger partial charge in [-0.1, -0.05) is 63.3 Å². The number of carboxylic acids is 1. The van der Waals surface area contributed by atoms with Crippen molar-refractivity contribution in [2.24, 2.45) is 0 Å². The number of aryl methyl sites for hydroxylation is 1. The predicted molar refractivity (Wildman–Crippen MR) is 91.5 cm³/mol. The van der Waals surface area contributed by atoms with Crippen molar-refractivity contribution in [2.75, 3.05) is 0 Å². The van der Waals surface area contributed by atoms with Gasteiger partial charge in [0.2, 0.25) is 0 Å². The van der Waals surface area contributed by atoms with Crippen LogP contribution in [-0.4, -0.2) is 21.0 Å². The molecule has 0 saturated carbocycles. The van der Waals surface area contributed by atoms with Gasteiger partial charge in [0.15, 0.2) is 5.69 Å². The molecule has 0 unspecified atom stereocenters. The number of benzene rings is 1. The van der Waals surface area contributed by atoms with Gasteiger partial charge in [0.05, 0.1) is 18.1 Å². The van der Waals surface area contributed by atoms with E-state index in [0.717, 1.165) is 12.0 Å². The van der Waals surface area contributed by atoms with E-state index in [-0.39, 0.29) is 5.69 Å². The highest BCUT2D eigenvalue weighted by Crippen LogP contribution is 2.18. The zero-order valence-electron chi connectivity index (χ0n) is 13.7. The van der Waals surface area contributed by atoms with Crippen molar-refractivity contribution in [3.05, 3.63) is 47.9 Å². The molecule has 0 fully saturated rings. The molecule has 122 valence electrons. The van der Waals surface area contributed by atoms with Gasteiger partial charge in [0.1, 0.15) is 0 Å². The molecule has 0 amide bonds. The molecule has 0 saturated heterocycles. The van der Waals surface area contributed by atoms with E-state index in [1.807, 2.05) is 12.1 Å². The smallest absolute Gasteiger partial charge is 0.356 e. The van der Waals surface area contributed by atoms with Crippen molar-refractivity contribution >= 4 is 5.97 Å². The van der Waals surface area contributed by atoms with Crippen LogP contribution in [0.5, 0.6) is 0 Å². The standard InChI is InChI=1S/C19H24N2O2/c1-2-3-4-5-6-7-8-15-9-11-16(12-10-15)17-13-21-18(14-20-17)19(22)23/h9-14H,2-8H2,1H3,(H,22,23). The van der Waals surface area contributed by atoms with Crippen LogP contribution in [0, 0.1) is 0 Å². The lowest BCUT2D eigenvalue weighted by molar-refractivity contribution is 0.0690. The first-order chi connectivity index (χ1) is 11.2. The van der Waals surface area contributed by atoms with Gasteiger partial charge in [-0.25, -0.2) is 9.78 Å². The second kappa shape index (κ2) is 9.03. The van der Waals surface area contributed by atoms with Crippen LogP contribution in [0.2, 0.25) is 0 Å². The average molecular weight is 312 g/mol. The summed E-state index contributed by atoms with van der Waals surface area (Å²) in [7, 11) is 0. The zero-order chi connectivity index (χ0) is 16.5. The predicted octanol–water partition coefficient (Wildman–Crippen LogP) is 4.74. The Labute approximate surface area is 137 Å². The van der Waals surface area contributed by atoms with Crippen molar-refractivity contribution in [2.45, 2.75) is 51.9 Å².